The standard InChI is InChI=1S/C20H23N3O/c1-13-7-17(8-14(2)22-13)20-6-5-19(9-18(20)10-21)23-11-15(3)24-16(4)12-23/h5-9,15-16H,11-12H2,1-4H3/t15-,16+. The van der Waals surface area contributed by atoms with Crippen LogP contribution in [-0.4, -0.2) is 30.3 Å². The van der Waals surface area contributed by atoms with Gasteiger partial charge in [-0.25, -0.2) is 0 Å². The summed E-state index contributed by atoms with van der Waals surface area (Å²) in [6, 6.07) is 12.6. The highest BCUT2D eigenvalue weighted by Crippen LogP contribution is 2.29. The fourth-order valence-corrected chi connectivity index (χ4v) is 3.45. The Morgan fingerprint density at radius 1 is 1.08 bits per heavy atom. The van der Waals surface area contributed by atoms with E-state index in [0.29, 0.717) is 5.56 Å². The zero-order valence-electron chi connectivity index (χ0n) is 14.7. The number of anilines is 1. The molecule has 1 aliphatic rings. The Labute approximate surface area is 143 Å². The zero-order chi connectivity index (χ0) is 17.3. The van der Waals surface area contributed by atoms with Crippen LogP contribution in [0.5, 0.6) is 0 Å². The van der Waals surface area contributed by atoms with Gasteiger partial charge in [-0.1, -0.05) is 6.07 Å². The van der Waals surface area contributed by atoms with E-state index in [2.05, 4.69) is 35.9 Å². The summed E-state index contributed by atoms with van der Waals surface area (Å²) in [6.07, 6.45) is 0.397. The quantitative estimate of drug-likeness (QED) is 0.843. The number of hydrogen-bond donors (Lipinski definition) is 0. The Hall–Kier alpha value is -2.38. The molecule has 1 aromatic carbocycles. The normalized spacial score (nSPS) is 20.7. The molecular formula is C20H23N3O. The monoisotopic (exact) mass is 321 g/mol. The molecule has 1 aliphatic heterocycles. The molecule has 0 amide bonds. The van der Waals surface area contributed by atoms with Crippen molar-refractivity contribution in [3.05, 3.63) is 47.3 Å². The summed E-state index contributed by atoms with van der Waals surface area (Å²) >= 11 is 0. The highest BCUT2D eigenvalue weighted by atomic mass is 16.5. The second-order valence-corrected chi connectivity index (χ2v) is 6.64. The Morgan fingerprint density at radius 2 is 1.71 bits per heavy atom. The van der Waals surface area contributed by atoms with Gasteiger partial charge < -0.3 is 9.64 Å². The molecule has 24 heavy (non-hydrogen) atoms. The van der Waals surface area contributed by atoms with E-state index in [4.69, 9.17) is 4.74 Å². The average molecular weight is 321 g/mol. The number of nitrogens with zero attached hydrogens (tertiary/aromatic N) is 3. The first-order valence-electron chi connectivity index (χ1n) is 8.36. The number of rotatable bonds is 2. The number of hydrogen-bond acceptors (Lipinski definition) is 4. The molecule has 4 heteroatoms. The lowest BCUT2D eigenvalue weighted by Gasteiger charge is -2.37. The van der Waals surface area contributed by atoms with E-state index in [-0.39, 0.29) is 12.2 Å². The molecule has 2 atom stereocenters. The maximum Gasteiger partial charge on any atom is 0.0998 e. The van der Waals surface area contributed by atoms with Crippen LogP contribution in [0.2, 0.25) is 0 Å². The molecule has 1 saturated heterocycles. The predicted octanol–water partition coefficient (Wildman–Crippen LogP) is 3.85. The minimum atomic E-state index is 0.199. The van der Waals surface area contributed by atoms with Gasteiger partial charge in [-0.15, -0.1) is 0 Å². The predicted molar refractivity (Wildman–Crippen MR) is 96.1 cm³/mol. The molecule has 0 unspecified atom stereocenters. The van der Waals surface area contributed by atoms with Crippen molar-refractivity contribution in [2.75, 3.05) is 18.0 Å². The molecule has 3 rings (SSSR count). The SMILES string of the molecule is Cc1cc(-c2ccc(N3C[C@@H](C)O[C@@H](C)C3)cc2C#N)cc(C)n1. The van der Waals surface area contributed by atoms with Crippen molar-refractivity contribution in [1.29, 1.82) is 5.26 Å². The molecule has 1 fully saturated rings. The summed E-state index contributed by atoms with van der Waals surface area (Å²) in [5, 5.41) is 9.64. The van der Waals surface area contributed by atoms with Gasteiger partial charge in [0.25, 0.3) is 0 Å². The first kappa shape index (κ1) is 16.5. The van der Waals surface area contributed by atoms with E-state index in [0.717, 1.165) is 41.3 Å². The highest BCUT2D eigenvalue weighted by Gasteiger charge is 2.23. The molecule has 124 valence electrons. The lowest BCUT2D eigenvalue weighted by atomic mass is 9.98. The van der Waals surface area contributed by atoms with Gasteiger partial charge in [-0.3, -0.25) is 4.98 Å². The molecule has 0 spiro atoms. The van der Waals surface area contributed by atoms with Crippen molar-refractivity contribution in [1.82, 2.24) is 4.98 Å². The van der Waals surface area contributed by atoms with Crippen LogP contribution in [0.25, 0.3) is 11.1 Å². The van der Waals surface area contributed by atoms with E-state index in [1.54, 1.807) is 0 Å². The third-order valence-electron chi connectivity index (χ3n) is 4.30. The van der Waals surface area contributed by atoms with E-state index < -0.39 is 0 Å². The number of aromatic nitrogens is 1. The maximum absolute atomic E-state index is 9.64. The first-order chi connectivity index (χ1) is 11.5. The summed E-state index contributed by atoms with van der Waals surface area (Å²) in [4.78, 5) is 6.72. The number of ether oxygens (including phenoxy) is 1. The van der Waals surface area contributed by atoms with Crippen LogP contribution in [0.3, 0.4) is 0 Å². The van der Waals surface area contributed by atoms with E-state index in [1.807, 2.05) is 38.1 Å². The van der Waals surface area contributed by atoms with Gasteiger partial charge in [0.1, 0.15) is 0 Å². The Kier molecular flexibility index (Phi) is 4.55. The lowest BCUT2D eigenvalue weighted by molar-refractivity contribution is -0.00521. The van der Waals surface area contributed by atoms with Crippen LogP contribution in [0.15, 0.2) is 30.3 Å². The van der Waals surface area contributed by atoms with Crippen LogP contribution >= 0.6 is 0 Å². The van der Waals surface area contributed by atoms with Gasteiger partial charge >= 0.3 is 0 Å². The van der Waals surface area contributed by atoms with Crippen molar-refractivity contribution in [2.24, 2.45) is 0 Å². The van der Waals surface area contributed by atoms with Crippen LogP contribution in [0, 0.1) is 25.2 Å². The Balaban J connectivity index is 1.98. The molecule has 0 saturated carbocycles. The third-order valence-corrected chi connectivity index (χ3v) is 4.30. The van der Waals surface area contributed by atoms with Crippen LogP contribution in [0.1, 0.15) is 30.8 Å². The van der Waals surface area contributed by atoms with Crippen LogP contribution < -0.4 is 4.90 Å². The van der Waals surface area contributed by atoms with Crippen molar-refractivity contribution in [2.45, 2.75) is 39.9 Å². The number of aryl methyl sites for hydroxylation is 2. The van der Waals surface area contributed by atoms with Crippen molar-refractivity contribution < 1.29 is 4.74 Å². The third kappa shape index (κ3) is 3.42. The molecular weight excluding hydrogens is 298 g/mol. The highest BCUT2D eigenvalue weighted by molar-refractivity contribution is 5.74. The van der Waals surface area contributed by atoms with Gasteiger partial charge in [0, 0.05) is 30.2 Å². The van der Waals surface area contributed by atoms with Crippen molar-refractivity contribution >= 4 is 5.69 Å². The molecule has 0 radical (unpaired) electrons. The second kappa shape index (κ2) is 6.62. The number of pyridine rings is 1. The van der Waals surface area contributed by atoms with E-state index in [1.165, 1.54) is 0 Å². The lowest BCUT2D eigenvalue weighted by Crippen LogP contribution is -2.45. The van der Waals surface area contributed by atoms with Crippen molar-refractivity contribution in [3.63, 3.8) is 0 Å². The van der Waals surface area contributed by atoms with Gasteiger partial charge in [-0.2, -0.15) is 5.26 Å². The maximum atomic E-state index is 9.64. The summed E-state index contributed by atoms with van der Waals surface area (Å²) in [7, 11) is 0. The molecule has 2 aromatic rings. The average Bonchev–Trinajstić information content (AvgIpc) is 2.52. The van der Waals surface area contributed by atoms with Crippen LogP contribution in [-0.2, 0) is 4.74 Å². The molecule has 1 aromatic heterocycles. The van der Waals surface area contributed by atoms with E-state index in [9.17, 15) is 5.26 Å². The topological polar surface area (TPSA) is 49.1 Å². The molecule has 4 nitrogen and oxygen atoms in total. The second-order valence-electron chi connectivity index (χ2n) is 6.64. The fraction of sp³-hybridized carbons (Fsp3) is 0.400. The summed E-state index contributed by atoms with van der Waals surface area (Å²) in [5.74, 6) is 0. The fourth-order valence-electron chi connectivity index (χ4n) is 3.45. The minimum absolute atomic E-state index is 0.199. The van der Waals surface area contributed by atoms with Gasteiger partial charge in [-0.05, 0) is 63.1 Å². The summed E-state index contributed by atoms with van der Waals surface area (Å²) in [6.45, 7) is 9.83. The molecule has 2 heterocycles. The largest absolute Gasteiger partial charge is 0.372 e. The summed E-state index contributed by atoms with van der Waals surface area (Å²) < 4.78 is 5.80. The molecule has 0 N–H and O–H groups in total. The minimum Gasteiger partial charge on any atom is -0.372 e. The zero-order valence-corrected chi connectivity index (χ0v) is 14.7. The van der Waals surface area contributed by atoms with Gasteiger partial charge in [0.05, 0.1) is 23.8 Å². The van der Waals surface area contributed by atoms with E-state index >= 15 is 0 Å². The first-order valence-corrected chi connectivity index (χ1v) is 8.36. The number of benzene rings is 1. The number of morpholine rings is 1. The smallest absolute Gasteiger partial charge is 0.0998 e. The number of nitriles is 1. The molecule has 0 bridgehead atoms. The molecule has 0 aliphatic carbocycles. The Bertz CT molecular complexity index is 764. The van der Waals surface area contributed by atoms with Gasteiger partial charge in [0.2, 0.25) is 0 Å². The van der Waals surface area contributed by atoms with Crippen molar-refractivity contribution in [3.8, 4) is 17.2 Å². The van der Waals surface area contributed by atoms with Crippen LogP contribution in [0.4, 0.5) is 5.69 Å². The summed E-state index contributed by atoms with van der Waals surface area (Å²) in [5.41, 5.74) is 5.72. The Morgan fingerprint density at radius 3 is 2.29 bits per heavy atom. The van der Waals surface area contributed by atoms with Gasteiger partial charge in [0.15, 0.2) is 0 Å².